The van der Waals surface area contributed by atoms with Gasteiger partial charge in [0.15, 0.2) is 0 Å². The molecule has 3 rings (SSSR count). The number of nitrogens with zero attached hydrogens (tertiary/aromatic N) is 1. The number of nitrogens with one attached hydrogen (secondary N) is 1. The van der Waals surface area contributed by atoms with E-state index >= 15 is 0 Å². The topological polar surface area (TPSA) is 47.1 Å². The molecule has 5 heteroatoms. The Kier molecular flexibility index (Phi) is 3.22. The molecular weight excluding hydrogens is 263 g/mol. The normalized spacial score (nSPS) is 20.0. The van der Waals surface area contributed by atoms with Crippen LogP contribution in [-0.4, -0.2) is 28.5 Å². The second-order valence-electron chi connectivity index (χ2n) is 6.63. The van der Waals surface area contributed by atoms with E-state index in [1.165, 1.54) is 0 Å². The van der Waals surface area contributed by atoms with E-state index in [0.29, 0.717) is 0 Å². The Morgan fingerprint density at radius 3 is 2.29 bits per heavy atom. The maximum atomic E-state index is 6.16. The van der Waals surface area contributed by atoms with E-state index in [1.807, 2.05) is 6.07 Å². The van der Waals surface area contributed by atoms with Crippen molar-refractivity contribution < 1.29 is 9.31 Å². The van der Waals surface area contributed by atoms with Crippen LogP contribution in [-0.2, 0) is 9.31 Å². The molecule has 4 nitrogen and oxygen atoms in total. The monoisotopic (exact) mass is 284 g/mol. The Morgan fingerprint density at radius 2 is 1.71 bits per heavy atom. The van der Waals surface area contributed by atoms with Crippen molar-refractivity contribution in [2.75, 3.05) is 0 Å². The summed E-state index contributed by atoms with van der Waals surface area (Å²) in [6.07, 6.45) is 1.75. The molecule has 0 bridgehead atoms. The van der Waals surface area contributed by atoms with Crippen molar-refractivity contribution in [1.82, 2.24) is 10.2 Å². The average molecular weight is 284 g/mol. The smallest absolute Gasteiger partial charge is 0.399 e. The lowest BCUT2D eigenvalue weighted by molar-refractivity contribution is 0.00578. The highest BCUT2D eigenvalue weighted by Crippen LogP contribution is 2.36. The highest BCUT2D eigenvalue weighted by atomic mass is 16.7. The average Bonchev–Trinajstić information content (AvgIpc) is 2.97. The van der Waals surface area contributed by atoms with Crippen LogP contribution in [0.5, 0.6) is 0 Å². The lowest BCUT2D eigenvalue weighted by Crippen LogP contribution is -2.41. The van der Waals surface area contributed by atoms with Gasteiger partial charge in [0, 0.05) is 6.20 Å². The summed E-state index contributed by atoms with van der Waals surface area (Å²) in [6, 6.07) is 8.25. The number of H-pyrrole nitrogens is 1. The van der Waals surface area contributed by atoms with Crippen molar-refractivity contribution in [3.05, 3.63) is 36.0 Å². The Labute approximate surface area is 126 Å². The standard InChI is InChI=1S/C16H21BN2O2/c1-11-6-7-12(14-8-9-18-19-14)10-13(11)17-20-15(2,3)16(4,5)21-17/h6-10H,1-5H3,(H,18,19). The SMILES string of the molecule is Cc1ccc(-c2ccn[nH]2)cc1B1OC(C)(C)C(C)(C)O1. The minimum atomic E-state index is -0.335. The molecule has 2 heterocycles. The highest BCUT2D eigenvalue weighted by molar-refractivity contribution is 6.62. The van der Waals surface area contributed by atoms with E-state index in [4.69, 9.17) is 9.31 Å². The van der Waals surface area contributed by atoms with Crippen LogP contribution < -0.4 is 5.46 Å². The molecule has 0 aliphatic carbocycles. The fourth-order valence-corrected chi connectivity index (χ4v) is 2.45. The van der Waals surface area contributed by atoms with E-state index in [-0.39, 0.29) is 18.3 Å². The van der Waals surface area contributed by atoms with Crippen LogP contribution in [0, 0.1) is 6.92 Å². The molecular formula is C16H21BN2O2. The first-order valence-electron chi connectivity index (χ1n) is 7.26. The first-order chi connectivity index (χ1) is 9.80. The maximum absolute atomic E-state index is 6.16. The number of rotatable bonds is 2. The molecule has 21 heavy (non-hydrogen) atoms. The Bertz CT molecular complexity index is 634. The quantitative estimate of drug-likeness (QED) is 0.862. The minimum Gasteiger partial charge on any atom is -0.399 e. The number of hydrogen-bond acceptors (Lipinski definition) is 3. The van der Waals surface area contributed by atoms with Gasteiger partial charge in [-0.25, -0.2) is 0 Å². The molecule has 0 spiro atoms. The molecule has 1 aliphatic heterocycles. The highest BCUT2D eigenvalue weighted by Gasteiger charge is 2.52. The van der Waals surface area contributed by atoms with Crippen molar-refractivity contribution in [1.29, 1.82) is 0 Å². The van der Waals surface area contributed by atoms with E-state index in [0.717, 1.165) is 22.3 Å². The Morgan fingerprint density at radius 1 is 1.05 bits per heavy atom. The van der Waals surface area contributed by atoms with Gasteiger partial charge in [-0.15, -0.1) is 0 Å². The molecule has 0 radical (unpaired) electrons. The molecule has 0 saturated carbocycles. The number of aromatic amines is 1. The van der Waals surface area contributed by atoms with Gasteiger partial charge in [-0.05, 0) is 51.7 Å². The molecule has 1 N–H and O–H groups in total. The predicted molar refractivity (Wildman–Crippen MR) is 84.5 cm³/mol. The fraction of sp³-hybridized carbons (Fsp3) is 0.438. The lowest BCUT2D eigenvalue weighted by Gasteiger charge is -2.32. The van der Waals surface area contributed by atoms with Gasteiger partial charge >= 0.3 is 7.12 Å². The van der Waals surface area contributed by atoms with Crippen LogP contribution in [0.3, 0.4) is 0 Å². The van der Waals surface area contributed by atoms with Crippen LogP contribution in [0.15, 0.2) is 30.5 Å². The first kappa shape index (κ1) is 14.4. The second kappa shape index (κ2) is 4.72. The number of benzene rings is 1. The summed E-state index contributed by atoms with van der Waals surface area (Å²) in [4.78, 5) is 0. The van der Waals surface area contributed by atoms with Crippen LogP contribution in [0.25, 0.3) is 11.3 Å². The summed E-state index contributed by atoms with van der Waals surface area (Å²) in [5.74, 6) is 0. The minimum absolute atomic E-state index is 0.325. The third-order valence-corrected chi connectivity index (χ3v) is 4.60. The molecule has 110 valence electrons. The number of aromatic nitrogens is 2. The van der Waals surface area contributed by atoms with Crippen LogP contribution >= 0.6 is 0 Å². The summed E-state index contributed by atoms with van der Waals surface area (Å²) in [7, 11) is -0.335. The molecule has 0 amide bonds. The zero-order chi connectivity index (χ0) is 15.3. The van der Waals surface area contributed by atoms with E-state index in [2.05, 4.69) is 63.0 Å². The van der Waals surface area contributed by atoms with E-state index in [1.54, 1.807) is 6.20 Å². The zero-order valence-electron chi connectivity index (χ0n) is 13.2. The number of aryl methyl sites for hydroxylation is 1. The van der Waals surface area contributed by atoms with Crippen molar-refractivity contribution in [2.24, 2.45) is 0 Å². The molecule has 1 saturated heterocycles. The van der Waals surface area contributed by atoms with Crippen molar-refractivity contribution in [3.63, 3.8) is 0 Å². The summed E-state index contributed by atoms with van der Waals surface area (Å²) >= 11 is 0. The van der Waals surface area contributed by atoms with Crippen molar-refractivity contribution in [3.8, 4) is 11.3 Å². The second-order valence-corrected chi connectivity index (χ2v) is 6.63. The molecule has 1 aliphatic rings. The Balaban J connectivity index is 1.98. The molecule has 1 aromatic heterocycles. The van der Waals surface area contributed by atoms with E-state index in [9.17, 15) is 0 Å². The first-order valence-corrected chi connectivity index (χ1v) is 7.26. The van der Waals surface area contributed by atoms with Gasteiger partial charge in [-0.2, -0.15) is 5.10 Å². The third-order valence-electron chi connectivity index (χ3n) is 4.60. The van der Waals surface area contributed by atoms with Gasteiger partial charge in [0.25, 0.3) is 0 Å². The van der Waals surface area contributed by atoms with Gasteiger partial charge in [0.2, 0.25) is 0 Å². The summed E-state index contributed by atoms with van der Waals surface area (Å²) in [5.41, 5.74) is 3.66. The van der Waals surface area contributed by atoms with Gasteiger partial charge < -0.3 is 9.31 Å². The molecule has 0 unspecified atom stereocenters. The summed E-state index contributed by atoms with van der Waals surface area (Å²) in [5, 5.41) is 7.00. The van der Waals surface area contributed by atoms with Crippen LogP contribution in [0.2, 0.25) is 0 Å². The molecule has 0 atom stereocenters. The third kappa shape index (κ3) is 2.41. The largest absolute Gasteiger partial charge is 0.495 e. The van der Waals surface area contributed by atoms with Gasteiger partial charge in [-0.1, -0.05) is 23.8 Å². The molecule has 1 fully saturated rings. The zero-order valence-corrected chi connectivity index (χ0v) is 13.2. The number of hydrogen-bond donors (Lipinski definition) is 1. The van der Waals surface area contributed by atoms with Gasteiger partial charge in [0.1, 0.15) is 0 Å². The maximum Gasteiger partial charge on any atom is 0.495 e. The van der Waals surface area contributed by atoms with Crippen LogP contribution in [0.1, 0.15) is 33.3 Å². The Hall–Kier alpha value is -1.59. The summed E-state index contributed by atoms with van der Waals surface area (Å²) < 4.78 is 12.3. The molecule has 1 aromatic carbocycles. The fourth-order valence-electron chi connectivity index (χ4n) is 2.45. The van der Waals surface area contributed by atoms with Crippen LogP contribution in [0.4, 0.5) is 0 Å². The van der Waals surface area contributed by atoms with E-state index < -0.39 is 0 Å². The van der Waals surface area contributed by atoms with Crippen molar-refractivity contribution in [2.45, 2.75) is 45.8 Å². The lowest BCUT2D eigenvalue weighted by atomic mass is 9.75. The summed E-state index contributed by atoms with van der Waals surface area (Å²) in [6.45, 7) is 10.4. The van der Waals surface area contributed by atoms with Crippen molar-refractivity contribution >= 4 is 12.6 Å². The van der Waals surface area contributed by atoms with Gasteiger partial charge in [-0.3, -0.25) is 5.10 Å². The predicted octanol–water partition coefficient (Wildman–Crippen LogP) is 2.68. The molecule has 2 aromatic rings. The van der Waals surface area contributed by atoms with Gasteiger partial charge in [0.05, 0.1) is 16.9 Å².